The Kier molecular flexibility index (Phi) is 6.46. The number of hydrogen-bond donors (Lipinski definition) is 1. The van der Waals surface area contributed by atoms with Crippen molar-refractivity contribution in [1.82, 2.24) is 4.98 Å². The highest BCUT2D eigenvalue weighted by Crippen LogP contribution is 2.47. The van der Waals surface area contributed by atoms with Crippen LogP contribution in [0.4, 0.5) is 0 Å². The van der Waals surface area contributed by atoms with Crippen molar-refractivity contribution in [2.24, 2.45) is 0 Å². The molecule has 2 aliphatic rings. The van der Waals surface area contributed by atoms with E-state index in [4.69, 9.17) is 9.47 Å². The molecule has 2 aromatic rings. The molecule has 3 heteroatoms. The van der Waals surface area contributed by atoms with Crippen molar-refractivity contribution in [3.63, 3.8) is 0 Å². The summed E-state index contributed by atoms with van der Waals surface area (Å²) in [7, 11) is 0. The third kappa shape index (κ3) is 5.70. The third-order valence-corrected chi connectivity index (χ3v) is 7.28. The van der Waals surface area contributed by atoms with Crippen molar-refractivity contribution in [3.8, 4) is 0 Å². The quantitative estimate of drug-likeness (QED) is 0.306. The predicted octanol–water partition coefficient (Wildman–Crippen LogP) is 7.28. The van der Waals surface area contributed by atoms with E-state index in [0.717, 1.165) is 44.9 Å². The van der Waals surface area contributed by atoms with Crippen molar-refractivity contribution in [2.45, 2.75) is 103 Å². The minimum atomic E-state index is 0.0873. The number of aromatic nitrogens is 1. The molecule has 168 valence electrons. The number of para-hydroxylation sites is 1. The summed E-state index contributed by atoms with van der Waals surface area (Å²) >= 11 is 0. The molecule has 3 nitrogen and oxygen atoms in total. The summed E-state index contributed by atoms with van der Waals surface area (Å²) in [6.07, 6.45) is 15.6. The monoisotopic (exact) mass is 421 g/mol. The van der Waals surface area contributed by atoms with E-state index in [9.17, 15) is 0 Å². The summed E-state index contributed by atoms with van der Waals surface area (Å²) in [6.45, 7) is 11.2. The maximum atomic E-state index is 6.05. The van der Waals surface area contributed by atoms with Gasteiger partial charge >= 0.3 is 0 Å². The van der Waals surface area contributed by atoms with Gasteiger partial charge in [0, 0.05) is 17.1 Å². The summed E-state index contributed by atoms with van der Waals surface area (Å²) in [5.74, 6) is 0. The highest BCUT2D eigenvalue weighted by molar-refractivity contribution is 5.83. The number of ether oxygens (including phenoxy) is 2. The number of allylic oxidation sites excluding steroid dienone is 4. The molecule has 1 N–H and O–H groups in total. The molecular formula is C28H39NO2. The molecule has 2 aliphatic heterocycles. The first-order valence-corrected chi connectivity index (χ1v) is 12.0. The van der Waals surface area contributed by atoms with Gasteiger partial charge in [0.25, 0.3) is 0 Å². The number of nitrogens with one attached hydrogen (secondary N) is 1. The number of epoxide rings is 2. The summed E-state index contributed by atoms with van der Waals surface area (Å²) in [5, 5.41) is 1.34. The fourth-order valence-corrected chi connectivity index (χ4v) is 4.73. The van der Waals surface area contributed by atoms with Crippen LogP contribution in [0.15, 0.2) is 53.8 Å². The topological polar surface area (TPSA) is 40.9 Å². The lowest BCUT2D eigenvalue weighted by Gasteiger charge is -2.06. The van der Waals surface area contributed by atoms with Crippen molar-refractivity contribution >= 4 is 10.9 Å². The Morgan fingerprint density at radius 2 is 1.71 bits per heavy atom. The number of rotatable bonds is 11. The average Bonchev–Trinajstić information content (AvgIpc) is 3.50. The van der Waals surface area contributed by atoms with Gasteiger partial charge in [-0.25, -0.2) is 0 Å². The number of fused-ring (bicyclic) bond motifs is 1. The van der Waals surface area contributed by atoms with Gasteiger partial charge in [0.2, 0.25) is 0 Å². The van der Waals surface area contributed by atoms with E-state index < -0.39 is 0 Å². The molecular weight excluding hydrogens is 382 g/mol. The lowest BCUT2D eigenvalue weighted by atomic mass is 9.94. The molecule has 31 heavy (non-hydrogen) atoms. The van der Waals surface area contributed by atoms with Crippen LogP contribution in [-0.2, 0) is 15.9 Å². The van der Waals surface area contributed by atoms with Crippen LogP contribution >= 0.6 is 0 Å². The second-order valence-electron chi connectivity index (χ2n) is 10.4. The molecule has 2 saturated heterocycles. The normalized spacial score (nSPS) is 27.6. The molecule has 1 aromatic carbocycles. The number of hydrogen-bond acceptors (Lipinski definition) is 2. The summed E-state index contributed by atoms with van der Waals surface area (Å²) in [4.78, 5) is 3.37. The van der Waals surface area contributed by atoms with E-state index in [1.54, 1.807) is 0 Å². The van der Waals surface area contributed by atoms with Gasteiger partial charge in [0.1, 0.15) is 0 Å². The van der Waals surface area contributed by atoms with Gasteiger partial charge in [0.05, 0.1) is 23.4 Å². The van der Waals surface area contributed by atoms with Gasteiger partial charge in [-0.05, 0) is 91.2 Å². The maximum absolute atomic E-state index is 6.05. The molecule has 0 aliphatic carbocycles. The van der Waals surface area contributed by atoms with Crippen LogP contribution < -0.4 is 0 Å². The van der Waals surface area contributed by atoms with Gasteiger partial charge in [-0.2, -0.15) is 0 Å². The lowest BCUT2D eigenvalue weighted by molar-refractivity contribution is 0.274. The van der Waals surface area contributed by atoms with Crippen molar-refractivity contribution in [3.05, 3.63) is 59.3 Å². The molecule has 0 amide bonds. The first kappa shape index (κ1) is 22.4. The highest BCUT2D eigenvalue weighted by atomic mass is 16.6. The molecule has 4 rings (SSSR count). The molecule has 0 spiro atoms. The minimum Gasteiger partial charge on any atom is -0.367 e. The maximum Gasteiger partial charge on any atom is 0.0921 e. The zero-order valence-electron chi connectivity index (χ0n) is 20.0. The fraction of sp³-hybridized carbons (Fsp3) is 0.571. The Labute approximate surface area is 187 Å². The first-order chi connectivity index (χ1) is 14.8. The summed E-state index contributed by atoms with van der Waals surface area (Å²) in [5.41, 5.74) is 5.76. The van der Waals surface area contributed by atoms with Crippen molar-refractivity contribution in [2.75, 3.05) is 0 Å². The Balaban J connectivity index is 1.14. The van der Waals surface area contributed by atoms with E-state index >= 15 is 0 Å². The Bertz CT molecular complexity index is 966. The van der Waals surface area contributed by atoms with Crippen LogP contribution in [0, 0.1) is 0 Å². The number of aromatic amines is 1. The lowest BCUT2D eigenvalue weighted by Crippen LogP contribution is -2.13. The molecule has 3 atom stereocenters. The van der Waals surface area contributed by atoms with Crippen LogP contribution in [0.25, 0.3) is 10.9 Å². The minimum absolute atomic E-state index is 0.0873. The van der Waals surface area contributed by atoms with Gasteiger partial charge < -0.3 is 14.5 Å². The molecule has 0 bridgehead atoms. The van der Waals surface area contributed by atoms with Crippen LogP contribution in [0.5, 0.6) is 0 Å². The van der Waals surface area contributed by atoms with Crippen LogP contribution in [0.2, 0.25) is 0 Å². The van der Waals surface area contributed by atoms with Gasteiger partial charge in [-0.3, -0.25) is 0 Å². The second-order valence-corrected chi connectivity index (χ2v) is 10.4. The average molecular weight is 422 g/mol. The highest BCUT2D eigenvalue weighted by Gasteiger charge is 2.54. The number of H-pyrrole nitrogens is 1. The summed E-state index contributed by atoms with van der Waals surface area (Å²) in [6, 6.07) is 8.53. The molecule has 2 fully saturated rings. The smallest absolute Gasteiger partial charge is 0.0921 e. The summed E-state index contributed by atoms with van der Waals surface area (Å²) < 4.78 is 11.8. The molecule has 0 saturated carbocycles. The second kappa shape index (κ2) is 8.96. The Hall–Kier alpha value is -1.84. The third-order valence-electron chi connectivity index (χ3n) is 7.28. The zero-order chi connectivity index (χ0) is 22.1. The first-order valence-electron chi connectivity index (χ1n) is 12.0. The van der Waals surface area contributed by atoms with Crippen molar-refractivity contribution < 1.29 is 9.47 Å². The van der Waals surface area contributed by atoms with Gasteiger partial charge in [0.15, 0.2) is 0 Å². The fourth-order valence-electron chi connectivity index (χ4n) is 4.73. The van der Waals surface area contributed by atoms with Gasteiger partial charge in [-0.15, -0.1) is 0 Å². The van der Waals surface area contributed by atoms with E-state index in [0.29, 0.717) is 12.2 Å². The molecule has 0 radical (unpaired) electrons. The Morgan fingerprint density at radius 3 is 2.48 bits per heavy atom. The van der Waals surface area contributed by atoms with Crippen LogP contribution in [-0.4, -0.2) is 28.4 Å². The van der Waals surface area contributed by atoms with E-state index in [1.807, 2.05) is 0 Å². The number of benzene rings is 1. The van der Waals surface area contributed by atoms with E-state index in [1.165, 1.54) is 27.6 Å². The SMILES string of the molecule is C/C(=C\Cc1c[nH]c2ccccc12)CC/C=C(\C)CC[C@@H]1O[C@@]1(C)CC[C@H]1OC1(C)C. The van der Waals surface area contributed by atoms with Gasteiger partial charge in [-0.1, -0.05) is 41.5 Å². The van der Waals surface area contributed by atoms with Crippen LogP contribution in [0.1, 0.15) is 78.7 Å². The molecule has 3 heterocycles. The largest absolute Gasteiger partial charge is 0.367 e. The standard InChI is InChI=1S/C28H39NO2/c1-20(13-15-22-19-29-24-12-7-6-11-23(22)24)9-8-10-21(2)14-16-26-28(5,31-26)18-17-25-27(3,4)30-25/h6-7,10-13,19,25-26,29H,8-9,14-18H2,1-5H3/b20-13+,21-10+/t25-,26+,28+/m1/s1. The van der Waals surface area contributed by atoms with E-state index in [2.05, 4.69) is 82.2 Å². The zero-order valence-corrected chi connectivity index (χ0v) is 20.0. The Morgan fingerprint density at radius 1 is 0.968 bits per heavy atom. The van der Waals surface area contributed by atoms with Crippen LogP contribution in [0.3, 0.4) is 0 Å². The van der Waals surface area contributed by atoms with E-state index in [-0.39, 0.29) is 11.2 Å². The molecule has 1 aromatic heterocycles. The van der Waals surface area contributed by atoms with Crippen molar-refractivity contribution in [1.29, 1.82) is 0 Å². The molecule has 0 unspecified atom stereocenters. The predicted molar refractivity (Wildman–Crippen MR) is 129 cm³/mol.